The second kappa shape index (κ2) is 5.01. The van der Waals surface area contributed by atoms with E-state index in [9.17, 15) is 4.79 Å². The van der Waals surface area contributed by atoms with Crippen molar-refractivity contribution in [2.45, 2.75) is 25.5 Å². The number of carbonyl (C=O) groups excluding carboxylic acids is 1. The van der Waals surface area contributed by atoms with Crippen LogP contribution in [0.5, 0.6) is 0 Å². The van der Waals surface area contributed by atoms with Crippen molar-refractivity contribution in [3.05, 3.63) is 0 Å². The molecule has 0 aromatic carbocycles. The molecule has 2 aliphatic rings. The Morgan fingerprint density at radius 3 is 2.69 bits per heavy atom. The van der Waals surface area contributed by atoms with Crippen LogP contribution in [0.2, 0.25) is 0 Å². The maximum atomic E-state index is 12.2. The Kier molecular flexibility index (Phi) is 3.66. The smallest absolute Gasteiger partial charge is 0.320 e. The maximum absolute atomic E-state index is 12.2. The van der Waals surface area contributed by atoms with Crippen molar-refractivity contribution in [2.75, 3.05) is 39.8 Å². The third-order valence-corrected chi connectivity index (χ3v) is 3.52. The number of hydrogen-bond acceptors (Lipinski definition) is 3. The number of piperazine rings is 1. The molecule has 92 valence electrons. The fourth-order valence-corrected chi connectivity index (χ4v) is 2.45. The molecule has 5 nitrogen and oxygen atoms in total. The van der Waals surface area contributed by atoms with Gasteiger partial charge in [0.25, 0.3) is 0 Å². The van der Waals surface area contributed by atoms with Gasteiger partial charge in [0.2, 0.25) is 0 Å². The van der Waals surface area contributed by atoms with E-state index in [1.54, 1.807) is 0 Å². The van der Waals surface area contributed by atoms with Gasteiger partial charge in [0.15, 0.2) is 0 Å². The van der Waals surface area contributed by atoms with E-state index >= 15 is 0 Å². The lowest BCUT2D eigenvalue weighted by atomic mass is 10.1. The van der Waals surface area contributed by atoms with Crippen molar-refractivity contribution in [2.24, 2.45) is 0 Å². The first-order valence-corrected chi connectivity index (χ1v) is 6.04. The molecule has 0 aliphatic carbocycles. The molecule has 2 aliphatic heterocycles. The van der Waals surface area contributed by atoms with Gasteiger partial charge in [0.1, 0.15) is 0 Å². The normalized spacial score (nSPS) is 30.5. The van der Waals surface area contributed by atoms with Crippen molar-refractivity contribution in [3.8, 4) is 0 Å². The summed E-state index contributed by atoms with van der Waals surface area (Å²) in [6.07, 6.45) is 1.12. The lowest BCUT2D eigenvalue weighted by Crippen LogP contribution is -2.53. The monoisotopic (exact) mass is 227 g/mol. The number of likely N-dealkylation sites (N-methyl/N-ethyl adjacent to an activating group) is 1. The topological polar surface area (TPSA) is 44.8 Å². The van der Waals surface area contributed by atoms with E-state index in [0.29, 0.717) is 0 Å². The zero-order valence-corrected chi connectivity index (χ0v) is 10.1. The Bertz CT molecular complexity index is 254. The summed E-state index contributed by atoms with van der Waals surface area (Å²) in [5.74, 6) is 0. The Morgan fingerprint density at radius 2 is 2.12 bits per heavy atom. The van der Waals surface area contributed by atoms with E-state index in [1.807, 2.05) is 23.8 Å². The predicted octanol–water partition coefficient (Wildman–Crippen LogP) is 0.121. The van der Waals surface area contributed by atoms with Gasteiger partial charge in [-0.1, -0.05) is 0 Å². The summed E-state index contributed by atoms with van der Waals surface area (Å²) in [6, 6.07) is 0.381. The molecule has 0 aromatic rings. The molecule has 0 bridgehead atoms. The fraction of sp³-hybridized carbons (Fsp3) is 0.909. The molecule has 0 spiro atoms. The lowest BCUT2D eigenvalue weighted by molar-refractivity contribution is 0.0809. The Labute approximate surface area is 96.7 Å². The van der Waals surface area contributed by atoms with E-state index < -0.39 is 0 Å². The molecule has 2 heterocycles. The number of amides is 2. The van der Waals surface area contributed by atoms with Crippen LogP contribution in [-0.4, -0.2) is 67.8 Å². The van der Waals surface area contributed by atoms with Crippen LogP contribution in [0.1, 0.15) is 13.3 Å². The molecule has 2 saturated heterocycles. The molecule has 0 radical (unpaired) electrons. The number of nitrogens with zero attached hydrogens (tertiary/aromatic N) is 2. The minimum absolute atomic E-state index is 0.142. The molecule has 5 heteroatoms. The molecule has 16 heavy (non-hydrogen) atoms. The minimum Gasteiger partial charge on any atom is -0.376 e. The quantitative estimate of drug-likeness (QED) is 0.692. The fourth-order valence-electron chi connectivity index (χ4n) is 2.45. The first-order valence-electron chi connectivity index (χ1n) is 6.04. The van der Waals surface area contributed by atoms with Crippen molar-refractivity contribution in [1.82, 2.24) is 15.1 Å². The third-order valence-electron chi connectivity index (χ3n) is 3.52. The number of urea groups is 1. The third kappa shape index (κ3) is 2.30. The largest absolute Gasteiger partial charge is 0.376 e. The van der Waals surface area contributed by atoms with E-state index in [4.69, 9.17) is 4.74 Å². The highest BCUT2D eigenvalue weighted by atomic mass is 16.5. The summed E-state index contributed by atoms with van der Waals surface area (Å²) in [5, 5.41) is 3.25. The van der Waals surface area contributed by atoms with E-state index in [1.165, 1.54) is 0 Å². The average molecular weight is 227 g/mol. The molecule has 2 amide bonds. The van der Waals surface area contributed by atoms with Crippen molar-refractivity contribution in [3.63, 3.8) is 0 Å². The second-order valence-electron chi connectivity index (χ2n) is 4.56. The van der Waals surface area contributed by atoms with Gasteiger partial charge in [-0.2, -0.15) is 0 Å². The van der Waals surface area contributed by atoms with E-state index in [-0.39, 0.29) is 18.2 Å². The number of rotatable bonds is 1. The summed E-state index contributed by atoms with van der Waals surface area (Å²) in [4.78, 5) is 16.0. The number of hydrogen-bond donors (Lipinski definition) is 1. The number of nitrogens with one attached hydrogen (secondary N) is 1. The predicted molar refractivity (Wildman–Crippen MR) is 61.4 cm³/mol. The SMILES string of the molecule is CC1OCCC1N(C)C(=O)N1CCNCC1. The number of ether oxygens (including phenoxy) is 1. The highest BCUT2D eigenvalue weighted by Crippen LogP contribution is 2.19. The summed E-state index contributed by atoms with van der Waals surface area (Å²) >= 11 is 0. The first kappa shape index (κ1) is 11.7. The van der Waals surface area contributed by atoms with Crippen LogP contribution in [0, 0.1) is 0 Å². The summed E-state index contributed by atoms with van der Waals surface area (Å²) in [5.41, 5.74) is 0. The molecule has 2 fully saturated rings. The number of carbonyl (C=O) groups is 1. The van der Waals surface area contributed by atoms with Gasteiger partial charge in [0.05, 0.1) is 12.1 Å². The van der Waals surface area contributed by atoms with Crippen molar-refractivity contribution < 1.29 is 9.53 Å². The van der Waals surface area contributed by atoms with Crippen molar-refractivity contribution >= 4 is 6.03 Å². The average Bonchev–Trinajstić information content (AvgIpc) is 2.75. The van der Waals surface area contributed by atoms with E-state index in [0.717, 1.165) is 39.2 Å². The van der Waals surface area contributed by atoms with Gasteiger partial charge in [0, 0.05) is 39.8 Å². The van der Waals surface area contributed by atoms with Crippen LogP contribution < -0.4 is 5.32 Å². The second-order valence-corrected chi connectivity index (χ2v) is 4.56. The molecule has 2 atom stereocenters. The van der Waals surface area contributed by atoms with Gasteiger partial charge in [-0.15, -0.1) is 0 Å². The van der Waals surface area contributed by atoms with Gasteiger partial charge in [-0.05, 0) is 13.3 Å². The highest BCUT2D eigenvalue weighted by Gasteiger charge is 2.32. The molecule has 2 rings (SSSR count). The lowest BCUT2D eigenvalue weighted by Gasteiger charge is -2.35. The zero-order chi connectivity index (χ0) is 11.5. The van der Waals surface area contributed by atoms with Gasteiger partial charge < -0.3 is 19.9 Å². The molecular weight excluding hydrogens is 206 g/mol. The summed E-state index contributed by atoms with van der Waals surface area (Å²) in [6.45, 7) is 6.23. The van der Waals surface area contributed by atoms with Gasteiger partial charge in [-0.25, -0.2) is 4.79 Å². The van der Waals surface area contributed by atoms with Crippen LogP contribution in [0.15, 0.2) is 0 Å². The molecule has 0 aromatic heterocycles. The van der Waals surface area contributed by atoms with Crippen LogP contribution in [0.25, 0.3) is 0 Å². The van der Waals surface area contributed by atoms with Gasteiger partial charge in [-0.3, -0.25) is 0 Å². The van der Waals surface area contributed by atoms with E-state index in [2.05, 4.69) is 5.32 Å². The van der Waals surface area contributed by atoms with Crippen LogP contribution >= 0.6 is 0 Å². The van der Waals surface area contributed by atoms with Crippen molar-refractivity contribution in [1.29, 1.82) is 0 Å². The van der Waals surface area contributed by atoms with Gasteiger partial charge >= 0.3 is 6.03 Å². The van der Waals surface area contributed by atoms with Crippen LogP contribution in [0.4, 0.5) is 4.79 Å². The van der Waals surface area contributed by atoms with Crippen LogP contribution in [-0.2, 0) is 4.74 Å². The standard InChI is InChI=1S/C11H21N3O2/c1-9-10(3-8-16-9)13(2)11(15)14-6-4-12-5-7-14/h9-10,12H,3-8H2,1-2H3. The summed E-state index contributed by atoms with van der Waals surface area (Å²) < 4.78 is 5.50. The Hall–Kier alpha value is -0.810. The first-order chi connectivity index (χ1) is 7.70. The highest BCUT2D eigenvalue weighted by molar-refractivity contribution is 5.74. The Morgan fingerprint density at radius 1 is 1.44 bits per heavy atom. The molecule has 2 unspecified atom stereocenters. The minimum atomic E-state index is 0.142. The van der Waals surface area contributed by atoms with Crippen LogP contribution in [0.3, 0.4) is 0 Å². The summed E-state index contributed by atoms with van der Waals surface area (Å²) in [7, 11) is 1.89. The molecule has 0 saturated carbocycles. The molecular formula is C11H21N3O2. The zero-order valence-electron chi connectivity index (χ0n) is 10.1. The Balaban J connectivity index is 1.92. The maximum Gasteiger partial charge on any atom is 0.320 e. The molecule has 1 N–H and O–H groups in total.